The van der Waals surface area contributed by atoms with Gasteiger partial charge in [0.25, 0.3) is 5.91 Å². The highest BCUT2D eigenvalue weighted by atomic mass is 32.2. The summed E-state index contributed by atoms with van der Waals surface area (Å²) in [5.41, 5.74) is 0. The fourth-order valence-electron chi connectivity index (χ4n) is 1.42. The van der Waals surface area contributed by atoms with Gasteiger partial charge in [-0.3, -0.25) is 4.79 Å². The normalized spacial score (nSPS) is 24.1. The molecule has 2 heterocycles. The lowest BCUT2D eigenvalue weighted by Gasteiger charge is -2.27. The summed E-state index contributed by atoms with van der Waals surface area (Å²) in [6.45, 7) is 2.96. The van der Waals surface area contributed by atoms with Gasteiger partial charge in [-0.05, 0) is 0 Å². The van der Waals surface area contributed by atoms with Crippen molar-refractivity contribution in [1.82, 2.24) is 13.5 Å². The van der Waals surface area contributed by atoms with Crippen LogP contribution in [0.1, 0.15) is 0 Å². The van der Waals surface area contributed by atoms with Gasteiger partial charge in [-0.15, -0.1) is 0 Å². The summed E-state index contributed by atoms with van der Waals surface area (Å²) in [6, 6.07) is -0.239. The Labute approximate surface area is 92.4 Å². The Morgan fingerprint density at radius 1 is 1.27 bits per heavy atom. The highest BCUT2D eigenvalue weighted by Crippen LogP contribution is 2.23. The van der Waals surface area contributed by atoms with Crippen LogP contribution in [0.4, 0.5) is 4.79 Å². The third-order valence-electron chi connectivity index (χ3n) is 2.27. The molecule has 2 fully saturated rings. The Hall–Kier alpha value is -0.790. The third-order valence-corrected chi connectivity index (χ3v) is 3.39. The van der Waals surface area contributed by atoms with Crippen LogP contribution in [0, 0.1) is 0 Å². The van der Waals surface area contributed by atoms with Gasteiger partial charge in [0, 0.05) is 20.1 Å². The van der Waals surface area contributed by atoms with Crippen molar-refractivity contribution in [2.24, 2.45) is 0 Å². The number of ether oxygens (including phenoxy) is 1. The van der Waals surface area contributed by atoms with E-state index in [-0.39, 0.29) is 18.5 Å². The topological polar surface area (TPSA) is 53.1 Å². The quantitative estimate of drug-likeness (QED) is 0.485. The molecule has 0 spiro atoms. The Kier molecular flexibility index (Phi) is 3.13. The molecule has 6 nitrogen and oxygen atoms in total. The molecule has 2 rings (SSSR count). The lowest BCUT2D eigenvalue weighted by molar-refractivity contribution is -0.121. The minimum Gasteiger partial charge on any atom is -0.379 e. The number of urea groups is 1. The molecule has 0 unspecified atom stereocenters. The first kappa shape index (κ1) is 10.7. The number of carbonyl (C=O) groups excluding carboxylic acids is 2. The van der Waals surface area contributed by atoms with E-state index in [1.807, 2.05) is 4.31 Å². The summed E-state index contributed by atoms with van der Waals surface area (Å²) >= 11 is 1.19. The van der Waals surface area contributed by atoms with E-state index in [9.17, 15) is 9.59 Å². The summed E-state index contributed by atoms with van der Waals surface area (Å²) in [7, 11) is 1.63. The minimum absolute atomic E-state index is 0.154. The number of hydrogen-bond donors (Lipinski definition) is 0. The van der Waals surface area contributed by atoms with Crippen molar-refractivity contribution in [3.63, 3.8) is 0 Å². The zero-order valence-electron chi connectivity index (χ0n) is 8.51. The number of rotatable bonds is 2. The molecular weight excluding hydrogens is 218 g/mol. The summed E-state index contributed by atoms with van der Waals surface area (Å²) in [4.78, 5) is 24.4. The maximum Gasteiger partial charge on any atom is 0.338 e. The number of imide groups is 1. The first-order valence-corrected chi connectivity index (χ1v) is 5.50. The van der Waals surface area contributed by atoms with Crippen molar-refractivity contribution in [2.75, 3.05) is 39.9 Å². The largest absolute Gasteiger partial charge is 0.379 e. The average molecular weight is 231 g/mol. The Morgan fingerprint density at radius 2 is 1.93 bits per heavy atom. The molecule has 0 aromatic heterocycles. The van der Waals surface area contributed by atoms with Crippen LogP contribution in [0.15, 0.2) is 0 Å². The van der Waals surface area contributed by atoms with Crippen molar-refractivity contribution < 1.29 is 14.3 Å². The summed E-state index contributed by atoms with van der Waals surface area (Å²) < 4.78 is 8.37. The lowest BCUT2D eigenvalue weighted by atomic mass is 10.5. The predicted octanol–water partition coefficient (Wildman–Crippen LogP) is -0.224. The number of morpholine rings is 1. The highest BCUT2D eigenvalue weighted by molar-refractivity contribution is 7.95. The molecule has 2 aliphatic heterocycles. The van der Waals surface area contributed by atoms with Gasteiger partial charge < -0.3 is 9.64 Å². The molecule has 0 saturated carbocycles. The van der Waals surface area contributed by atoms with Crippen LogP contribution in [0.5, 0.6) is 0 Å². The number of hydrogen-bond acceptors (Lipinski definition) is 5. The number of likely N-dealkylation sites (N-methyl/N-ethyl adjacent to an activating group) is 1. The van der Waals surface area contributed by atoms with Gasteiger partial charge in [0.1, 0.15) is 6.54 Å². The maximum atomic E-state index is 11.5. The zero-order chi connectivity index (χ0) is 10.8. The Bertz CT molecular complexity index is 280. The molecule has 0 aliphatic carbocycles. The van der Waals surface area contributed by atoms with Crippen LogP contribution in [0.3, 0.4) is 0 Å². The van der Waals surface area contributed by atoms with Crippen molar-refractivity contribution in [3.8, 4) is 0 Å². The molecule has 0 aromatic rings. The van der Waals surface area contributed by atoms with Crippen molar-refractivity contribution >= 4 is 24.1 Å². The molecule has 7 heteroatoms. The Morgan fingerprint density at radius 3 is 2.47 bits per heavy atom. The van der Waals surface area contributed by atoms with Gasteiger partial charge in [-0.1, -0.05) is 0 Å². The minimum atomic E-state index is -0.239. The number of nitrogens with zero attached hydrogens (tertiary/aromatic N) is 3. The van der Waals surface area contributed by atoms with E-state index in [4.69, 9.17) is 4.74 Å². The number of carbonyl (C=O) groups is 2. The number of amides is 3. The van der Waals surface area contributed by atoms with Gasteiger partial charge in [0.2, 0.25) is 0 Å². The molecule has 3 amide bonds. The van der Waals surface area contributed by atoms with E-state index in [2.05, 4.69) is 0 Å². The van der Waals surface area contributed by atoms with Gasteiger partial charge in [0.15, 0.2) is 0 Å². The van der Waals surface area contributed by atoms with E-state index < -0.39 is 0 Å². The van der Waals surface area contributed by atoms with Crippen LogP contribution < -0.4 is 0 Å². The molecule has 0 radical (unpaired) electrons. The lowest BCUT2D eigenvalue weighted by Crippen LogP contribution is -2.37. The van der Waals surface area contributed by atoms with Crippen molar-refractivity contribution in [1.29, 1.82) is 0 Å². The molecule has 0 bridgehead atoms. The van der Waals surface area contributed by atoms with Crippen LogP contribution in [0.2, 0.25) is 0 Å². The molecule has 0 atom stereocenters. The summed E-state index contributed by atoms with van der Waals surface area (Å²) in [5, 5.41) is 0. The van der Waals surface area contributed by atoms with E-state index in [1.165, 1.54) is 21.3 Å². The molecular formula is C8H13N3O3S. The highest BCUT2D eigenvalue weighted by Gasteiger charge is 2.36. The second kappa shape index (κ2) is 4.38. The van der Waals surface area contributed by atoms with Crippen molar-refractivity contribution in [2.45, 2.75) is 0 Å². The predicted molar refractivity (Wildman–Crippen MR) is 54.9 cm³/mol. The molecule has 2 aliphatic rings. The molecule has 84 valence electrons. The molecule has 15 heavy (non-hydrogen) atoms. The maximum absolute atomic E-state index is 11.5. The summed E-state index contributed by atoms with van der Waals surface area (Å²) in [5.74, 6) is -0.154. The van der Waals surface area contributed by atoms with E-state index in [0.717, 1.165) is 13.1 Å². The fraction of sp³-hybridized carbons (Fsp3) is 0.750. The monoisotopic (exact) mass is 231 g/mol. The average Bonchev–Trinajstić information content (AvgIpc) is 2.47. The Balaban J connectivity index is 1.93. The van der Waals surface area contributed by atoms with Crippen LogP contribution >= 0.6 is 12.1 Å². The first-order valence-electron chi connectivity index (χ1n) is 4.77. The van der Waals surface area contributed by atoms with Gasteiger partial charge >= 0.3 is 6.03 Å². The standard InChI is InChI=1S/C8H13N3O3S/c1-9-6-7(12)11(8(9)13)15-10-2-4-14-5-3-10/h2-6H2,1H3. The van der Waals surface area contributed by atoms with Crippen molar-refractivity contribution in [3.05, 3.63) is 0 Å². The zero-order valence-corrected chi connectivity index (χ0v) is 9.33. The molecule has 0 aromatic carbocycles. The smallest absolute Gasteiger partial charge is 0.338 e. The van der Waals surface area contributed by atoms with Crippen LogP contribution in [-0.2, 0) is 9.53 Å². The SMILES string of the molecule is CN1CC(=O)N(SN2CCOCC2)C1=O. The second-order valence-electron chi connectivity index (χ2n) is 3.45. The molecule has 2 saturated heterocycles. The molecule has 0 N–H and O–H groups in total. The van der Waals surface area contributed by atoms with E-state index in [1.54, 1.807) is 7.05 Å². The van der Waals surface area contributed by atoms with E-state index in [0.29, 0.717) is 13.2 Å². The third kappa shape index (κ3) is 2.24. The van der Waals surface area contributed by atoms with Crippen LogP contribution in [-0.4, -0.2) is 65.3 Å². The van der Waals surface area contributed by atoms with Gasteiger partial charge in [-0.25, -0.2) is 9.10 Å². The van der Waals surface area contributed by atoms with Gasteiger partial charge in [-0.2, -0.15) is 4.31 Å². The fourth-order valence-corrected chi connectivity index (χ4v) is 2.32. The first-order chi connectivity index (χ1) is 7.18. The van der Waals surface area contributed by atoms with Crippen LogP contribution in [0.25, 0.3) is 0 Å². The van der Waals surface area contributed by atoms with E-state index >= 15 is 0 Å². The second-order valence-corrected chi connectivity index (χ2v) is 4.49. The summed E-state index contributed by atoms with van der Waals surface area (Å²) in [6.07, 6.45) is 0. The van der Waals surface area contributed by atoms with Gasteiger partial charge in [0.05, 0.1) is 25.3 Å².